The largest absolute Gasteiger partial charge is 0.385 e. The Kier molecular flexibility index (Phi) is 4.53. The molecule has 0 radical (unpaired) electrons. The van der Waals surface area contributed by atoms with Crippen molar-refractivity contribution in [2.24, 2.45) is 5.92 Å². The van der Waals surface area contributed by atoms with Crippen molar-refractivity contribution in [1.82, 2.24) is 4.31 Å². The van der Waals surface area contributed by atoms with E-state index in [1.165, 1.54) is 4.31 Å². The van der Waals surface area contributed by atoms with Gasteiger partial charge in [0, 0.05) is 31.2 Å². The zero-order valence-electron chi connectivity index (χ0n) is 11.1. The molecule has 2 rings (SSSR count). The Balaban J connectivity index is 1.84. The topological polar surface area (TPSA) is 73.2 Å². The Morgan fingerprint density at radius 1 is 1.50 bits per heavy atom. The van der Waals surface area contributed by atoms with Gasteiger partial charge in [-0.25, -0.2) is 12.7 Å². The van der Waals surface area contributed by atoms with Crippen molar-refractivity contribution in [2.45, 2.75) is 6.92 Å². The first-order valence-corrected chi connectivity index (χ1v) is 8.36. The number of sulfonamides is 1. The van der Waals surface area contributed by atoms with Crippen molar-refractivity contribution < 1.29 is 8.42 Å². The molecule has 108 valence electrons. The van der Waals surface area contributed by atoms with Crippen LogP contribution in [0.1, 0.15) is 12.5 Å². The molecule has 0 unspecified atom stereocenters. The van der Waals surface area contributed by atoms with Gasteiger partial charge >= 0.3 is 0 Å². The summed E-state index contributed by atoms with van der Waals surface area (Å²) >= 11 is 5.94. The van der Waals surface area contributed by atoms with Crippen LogP contribution < -0.4 is 5.32 Å². The van der Waals surface area contributed by atoms with Crippen LogP contribution in [0.3, 0.4) is 0 Å². The van der Waals surface area contributed by atoms with Crippen LogP contribution in [0.25, 0.3) is 0 Å². The predicted octanol–water partition coefficient (Wildman–Crippen LogP) is 1.91. The molecule has 1 aliphatic heterocycles. The number of nitrogens with one attached hydrogen (secondary N) is 1. The fourth-order valence-electron chi connectivity index (χ4n) is 2.04. The maximum absolute atomic E-state index is 11.6. The highest BCUT2D eigenvalue weighted by atomic mass is 35.5. The summed E-state index contributed by atoms with van der Waals surface area (Å²) in [7, 11) is -3.04. The zero-order valence-corrected chi connectivity index (χ0v) is 12.7. The van der Waals surface area contributed by atoms with E-state index in [0.29, 0.717) is 36.1 Å². The monoisotopic (exact) mass is 313 g/mol. The second-order valence-electron chi connectivity index (χ2n) is 4.77. The minimum absolute atomic E-state index is 0.151. The highest BCUT2D eigenvalue weighted by molar-refractivity contribution is 7.89. The SMILES string of the molecule is CCS(=O)(=O)N1CC(CNc2ccc(C#N)c(Cl)c2)C1. The Morgan fingerprint density at radius 3 is 2.75 bits per heavy atom. The normalized spacial score (nSPS) is 16.4. The van der Waals surface area contributed by atoms with Gasteiger partial charge in [0.2, 0.25) is 10.0 Å². The van der Waals surface area contributed by atoms with Crippen molar-refractivity contribution in [3.05, 3.63) is 28.8 Å². The van der Waals surface area contributed by atoms with E-state index >= 15 is 0 Å². The summed E-state index contributed by atoms with van der Waals surface area (Å²) < 4.78 is 24.7. The number of nitriles is 1. The smallest absolute Gasteiger partial charge is 0.213 e. The molecular weight excluding hydrogens is 298 g/mol. The molecule has 0 amide bonds. The fourth-order valence-corrected chi connectivity index (χ4v) is 3.50. The molecule has 0 atom stereocenters. The summed E-state index contributed by atoms with van der Waals surface area (Å²) in [5.74, 6) is 0.462. The predicted molar refractivity (Wildman–Crippen MR) is 79.2 cm³/mol. The molecule has 5 nitrogen and oxygen atoms in total. The van der Waals surface area contributed by atoms with Gasteiger partial charge in [-0.1, -0.05) is 11.6 Å². The Labute approximate surface area is 124 Å². The van der Waals surface area contributed by atoms with Crippen LogP contribution in [0, 0.1) is 17.2 Å². The van der Waals surface area contributed by atoms with Gasteiger partial charge in [-0.15, -0.1) is 0 Å². The number of hydrogen-bond donors (Lipinski definition) is 1. The molecule has 1 saturated heterocycles. The van der Waals surface area contributed by atoms with Gasteiger partial charge in [0.1, 0.15) is 6.07 Å². The van der Waals surface area contributed by atoms with Gasteiger partial charge in [0.15, 0.2) is 0 Å². The van der Waals surface area contributed by atoms with E-state index in [1.807, 2.05) is 6.07 Å². The highest BCUT2D eigenvalue weighted by Crippen LogP contribution is 2.23. The summed E-state index contributed by atoms with van der Waals surface area (Å²) in [5.41, 5.74) is 1.28. The van der Waals surface area contributed by atoms with E-state index in [-0.39, 0.29) is 5.75 Å². The number of benzene rings is 1. The molecule has 1 N–H and O–H groups in total. The first-order valence-electron chi connectivity index (χ1n) is 6.37. The lowest BCUT2D eigenvalue weighted by molar-refractivity contribution is 0.212. The first kappa shape index (κ1) is 15.1. The van der Waals surface area contributed by atoms with E-state index in [9.17, 15) is 8.42 Å². The number of hydrogen-bond acceptors (Lipinski definition) is 4. The quantitative estimate of drug-likeness (QED) is 0.901. The van der Waals surface area contributed by atoms with Gasteiger partial charge in [-0.3, -0.25) is 0 Å². The molecule has 20 heavy (non-hydrogen) atoms. The molecule has 7 heteroatoms. The molecule has 1 fully saturated rings. The zero-order chi connectivity index (χ0) is 14.8. The van der Waals surface area contributed by atoms with Crippen LogP contribution in [0.15, 0.2) is 18.2 Å². The molecule has 1 aromatic carbocycles. The Morgan fingerprint density at radius 2 is 2.20 bits per heavy atom. The number of rotatable bonds is 5. The average molecular weight is 314 g/mol. The van der Waals surface area contributed by atoms with Crippen LogP contribution in [-0.4, -0.2) is 38.1 Å². The molecular formula is C13H16ClN3O2S. The summed E-state index contributed by atoms with van der Waals surface area (Å²) in [5, 5.41) is 12.4. The van der Waals surface area contributed by atoms with Crippen LogP contribution in [0.2, 0.25) is 5.02 Å². The maximum atomic E-state index is 11.6. The van der Waals surface area contributed by atoms with E-state index in [1.54, 1.807) is 25.1 Å². The van der Waals surface area contributed by atoms with E-state index in [2.05, 4.69) is 5.32 Å². The minimum Gasteiger partial charge on any atom is -0.385 e. The third kappa shape index (κ3) is 3.23. The van der Waals surface area contributed by atoms with Gasteiger partial charge in [-0.2, -0.15) is 5.26 Å². The second-order valence-corrected chi connectivity index (χ2v) is 7.44. The number of halogens is 1. The molecule has 1 aromatic rings. The molecule has 0 aromatic heterocycles. The summed E-state index contributed by atoms with van der Waals surface area (Å²) in [6, 6.07) is 7.17. The van der Waals surface area contributed by atoms with Crippen LogP contribution in [0.5, 0.6) is 0 Å². The van der Waals surface area contributed by atoms with Crippen molar-refractivity contribution in [2.75, 3.05) is 30.7 Å². The molecule has 1 aliphatic rings. The van der Waals surface area contributed by atoms with Crippen molar-refractivity contribution in [3.63, 3.8) is 0 Å². The molecule has 0 saturated carbocycles. The second kappa shape index (κ2) is 6.00. The average Bonchev–Trinajstić information content (AvgIpc) is 2.37. The maximum Gasteiger partial charge on any atom is 0.213 e. The minimum atomic E-state index is -3.04. The number of anilines is 1. The van der Waals surface area contributed by atoms with E-state index < -0.39 is 10.0 Å². The highest BCUT2D eigenvalue weighted by Gasteiger charge is 2.34. The third-order valence-electron chi connectivity index (χ3n) is 3.37. The van der Waals surface area contributed by atoms with E-state index in [4.69, 9.17) is 16.9 Å². The van der Waals surface area contributed by atoms with Crippen LogP contribution in [-0.2, 0) is 10.0 Å². The Bertz CT molecular complexity index is 634. The van der Waals surface area contributed by atoms with Gasteiger partial charge in [0.05, 0.1) is 16.3 Å². The van der Waals surface area contributed by atoms with Crippen molar-refractivity contribution in [1.29, 1.82) is 5.26 Å². The van der Waals surface area contributed by atoms with Crippen molar-refractivity contribution >= 4 is 27.3 Å². The Hall–Kier alpha value is -1.29. The van der Waals surface area contributed by atoms with Crippen LogP contribution >= 0.6 is 11.6 Å². The van der Waals surface area contributed by atoms with Crippen molar-refractivity contribution in [3.8, 4) is 6.07 Å². The molecule has 0 bridgehead atoms. The van der Waals surface area contributed by atoms with Gasteiger partial charge in [0.25, 0.3) is 0 Å². The molecule has 0 spiro atoms. The number of nitrogens with zero attached hydrogens (tertiary/aromatic N) is 2. The summed E-state index contributed by atoms with van der Waals surface area (Å²) in [6.45, 7) is 3.47. The van der Waals surface area contributed by atoms with Crippen LogP contribution in [0.4, 0.5) is 5.69 Å². The standard InChI is InChI=1S/C13H16ClN3O2S/c1-2-20(18,19)17-8-10(9-17)7-16-12-4-3-11(6-15)13(14)5-12/h3-5,10,16H,2,7-9H2,1H3. The lowest BCUT2D eigenvalue weighted by Crippen LogP contribution is -2.52. The summed E-state index contributed by atoms with van der Waals surface area (Å²) in [6.07, 6.45) is 0. The van der Waals surface area contributed by atoms with Gasteiger partial charge < -0.3 is 5.32 Å². The first-order chi connectivity index (χ1) is 9.46. The third-order valence-corrected chi connectivity index (χ3v) is 5.49. The molecule has 0 aliphatic carbocycles. The summed E-state index contributed by atoms with van der Waals surface area (Å²) in [4.78, 5) is 0. The molecule has 1 heterocycles. The lowest BCUT2D eigenvalue weighted by atomic mass is 10.0. The van der Waals surface area contributed by atoms with E-state index in [0.717, 1.165) is 5.69 Å². The fraction of sp³-hybridized carbons (Fsp3) is 0.462. The lowest BCUT2D eigenvalue weighted by Gasteiger charge is -2.38. The van der Waals surface area contributed by atoms with Gasteiger partial charge in [-0.05, 0) is 25.1 Å².